The van der Waals surface area contributed by atoms with Crippen molar-refractivity contribution in [1.82, 2.24) is 15.0 Å². The van der Waals surface area contributed by atoms with Crippen LogP contribution in [0.3, 0.4) is 0 Å². The van der Waals surface area contributed by atoms with Crippen LogP contribution in [0.4, 0.5) is 10.9 Å². The Balaban J connectivity index is 1.20. The van der Waals surface area contributed by atoms with Gasteiger partial charge in [0.2, 0.25) is 0 Å². The predicted octanol–water partition coefficient (Wildman–Crippen LogP) is 4.34. The van der Waals surface area contributed by atoms with E-state index in [2.05, 4.69) is 50.3 Å². The maximum Gasteiger partial charge on any atom is 0.257 e. The van der Waals surface area contributed by atoms with Crippen molar-refractivity contribution in [3.05, 3.63) is 36.7 Å². The minimum absolute atomic E-state index is 0.185. The van der Waals surface area contributed by atoms with Gasteiger partial charge in [-0.15, -0.1) is 0 Å². The highest BCUT2D eigenvalue weighted by molar-refractivity contribution is 7.22. The Labute approximate surface area is 169 Å². The summed E-state index contributed by atoms with van der Waals surface area (Å²) in [6.45, 7) is 4.36. The van der Waals surface area contributed by atoms with Crippen LogP contribution < -0.4 is 15.0 Å². The normalized spacial score (nSPS) is 24.8. The number of piperidine rings is 1. The Morgan fingerprint density at radius 2 is 2.04 bits per heavy atom. The third-order valence-corrected chi connectivity index (χ3v) is 6.57. The monoisotopic (exact) mass is 395 g/mol. The summed E-state index contributed by atoms with van der Waals surface area (Å²) < 4.78 is 7.44. The lowest BCUT2D eigenvalue weighted by atomic mass is 9.89. The van der Waals surface area contributed by atoms with Crippen molar-refractivity contribution in [3.63, 3.8) is 0 Å². The van der Waals surface area contributed by atoms with Crippen molar-refractivity contribution in [2.75, 3.05) is 23.3 Å². The van der Waals surface area contributed by atoms with E-state index >= 15 is 0 Å². The molecule has 3 aromatic rings. The van der Waals surface area contributed by atoms with E-state index in [1.165, 1.54) is 17.5 Å². The van der Waals surface area contributed by atoms with E-state index in [1.54, 1.807) is 23.7 Å². The molecule has 1 N–H and O–H groups in total. The van der Waals surface area contributed by atoms with Crippen molar-refractivity contribution in [2.24, 2.45) is 5.92 Å². The van der Waals surface area contributed by atoms with E-state index in [-0.39, 0.29) is 6.10 Å². The summed E-state index contributed by atoms with van der Waals surface area (Å²) in [6.07, 6.45) is 8.08. The summed E-state index contributed by atoms with van der Waals surface area (Å²) in [7, 11) is 0. The molecule has 1 atom stereocenters. The Bertz CT molecular complexity index is 922. The maximum absolute atomic E-state index is 6.22. The van der Waals surface area contributed by atoms with Gasteiger partial charge in [0.25, 0.3) is 5.88 Å². The number of thiazole rings is 1. The second kappa shape index (κ2) is 7.54. The van der Waals surface area contributed by atoms with Crippen molar-refractivity contribution in [1.29, 1.82) is 0 Å². The zero-order valence-electron chi connectivity index (χ0n) is 16.0. The lowest BCUT2D eigenvalue weighted by Crippen LogP contribution is -2.43. The topological polar surface area (TPSA) is 63.2 Å². The molecule has 0 radical (unpaired) electrons. The highest BCUT2D eigenvalue weighted by atomic mass is 32.1. The van der Waals surface area contributed by atoms with Crippen LogP contribution >= 0.6 is 11.3 Å². The van der Waals surface area contributed by atoms with E-state index in [9.17, 15) is 0 Å². The van der Waals surface area contributed by atoms with E-state index in [4.69, 9.17) is 4.74 Å². The summed E-state index contributed by atoms with van der Waals surface area (Å²) >= 11 is 1.71. The summed E-state index contributed by atoms with van der Waals surface area (Å²) in [6, 6.07) is 8.66. The number of hydrogen-bond donors (Lipinski definition) is 1. The molecule has 7 heteroatoms. The van der Waals surface area contributed by atoms with Crippen LogP contribution in [0.1, 0.15) is 32.6 Å². The first kappa shape index (κ1) is 17.7. The van der Waals surface area contributed by atoms with Crippen LogP contribution in [0.25, 0.3) is 10.2 Å². The maximum atomic E-state index is 6.22. The predicted molar refractivity (Wildman–Crippen MR) is 113 cm³/mol. The van der Waals surface area contributed by atoms with Gasteiger partial charge in [-0.3, -0.25) is 0 Å². The van der Waals surface area contributed by atoms with E-state index in [0.717, 1.165) is 42.4 Å². The number of para-hydroxylation sites is 1. The number of hydrogen-bond acceptors (Lipinski definition) is 7. The average molecular weight is 396 g/mol. The molecule has 1 aromatic carbocycles. The highest BCUT2D eigenvalue weighted by Crippen LogP contribution is 2.34. The Morgan fingerprint density at radius 1 is 1.18 bits per heavy atom. The van der Waals surface area contributed by atoms with E-state index < -0.39 is 0 Å². The van der Waals surface area contributed by atoms with Crippen molar-refractivity contribution < 1.29 is 4.74 Å². The molecule has 1 saturated heterocycles. The number of benzene rings is 1. The van der Waals surface area contributed by atoms with Crippen LogP contribution in [-0.4, -0.2) is 40.2 Å². The van der Waals surface area contributed by atoms with Gasteiger partial charge in [-0.2, -0.15) is 0 Å². The number of aromatic nitrogens is 3. The van der Waals surface area contributed by atoms with Gasteiger partial charge in [-0.25, -0.2) is 15.0 Å². The van der Waals surface area contributed by atoms with Gasteiger partial charge in [0, 0.05) is 44.4 Å². The standard InChI is InChI=1S/C21H25N5OS/c1-14-5-4-10-26(13-14)19-20(23-9-8-22-19)27-16-11-15(12-16)24-21-25-17-6-2-3-7-18(17)28-21/h2-3,6-9,14-16H,4-5,10-13H2,1H3,(H,24,25)/t14?,15-,16+. The zero-order valence-corrected chi connectivity index (χ0v) is 16.9. The third-order valence-electron chi connectivity index (χ3n) is 5.60. The Kier molecular flexibility index (Phi) is 4.76. The molecule has 1 aliphatic carbocycles. The van der Waals surface area contributed by atoms with Gasteiger partial charge in [0.1, 0.15) is 6.10 Å². The summed E-state index contributed by atoms with van der Waals surface area (Å²) in [4.78, 5) is 16.0. The molecule has 1 aliphatic heterocycles. The average Bonchev–Trinajstić information content (AvgIpc) is 3.09. The fourth-order valence-corrected chi connectivity index (χ4v) is 4.99. The lowest BCUT2D eigenvalue weighted by molar-refractivity contribution is 0.103. The first-order valence-corrected chi connectivity index (χ1v) is 10.9. The fourth-order valence-electron chi connectivity index (χ4n) is 4.05. The van der Waals surface area contributed by atoms with Gasteiger partial charge >= 0.3 is 0 Å². The molecule has 1 saturated carbocycles. The fraction of sp³-hybridized carbons (Fsp3) is 0.476. The second-order valence-electron chi connectivity index (χ2n) is 7.92. The van der Waals surface area contributed by atoms with Crippen LogP contribution in [0, 0.1) is 5.92 Å². The molecule has 0 amide bonds. The van der Waals surface area contributed by atoms with Crippen molar-refractivity contribution in [3.8, 4) is 5.88 Å². The molecule has 146 valence electrons. The SMILES string of the molecule is CC1CCCN(c2nccnc2O[C@H]2C[C@@H](Nc3nc4ccccc4s3)C2)C1. The quantitative estimate of drug-likeness (QED) is 0.693. The lowest BCUT2D eigenvalue weighted by Gasteiger charge is -2.37. The first-order chi connectivity index (χ1) is 13.7. The number of anilines is 2. The third kappa shape index (κ3) is 3.63. The number of fused-ring (bicyclic) bond motifs is 1. The Hall–Kier alpha value is -2.41. The summed E-state index contributed by atoms with van der Waals surface area (Å²) in [5.41, 5.74) is 1.06. The van der Waals surface area contributed by atoms with E-state index in [1.807, 2.05) is 6.07 Å². The molecular weight excluding hydrogens is 370 g/mol. The zero-order chi connectivity index (χ0) is 18.9. The van der Waals surface area contributed by atoms with Gasteiger partial charge in [0.15, 0.2) is 10.9 Å². The van der Waals surface area contributed by atoms with Gasteiger partial charge < -0.3 is 15.0 Å². The molecule has 2 aliphatic rings. The van der Waals surface area contributed by atoms with Gasteiger partial charge in [-0.05, 0) is 30.9 Å². The molecule has 1 unspecified atom stereocenters. The number of rotatable bonds is 5. The van der Waals surface area contributed by atoms with Crippen molar-refractivity contribution >= 4 is 32.5 Å². The minimum Gasteiger partial charge on any atom is -0.472 e. The smallest absolute Gasteiger partial charge is 0.257 e. The summed E-state index contributed by atoms with van der Waals surface area (Å²) in [5, 5.41) is 4.54. The highest BCUT2D eigenvalue weighted by Gasteiger charge is 2.33. The summed E-state index contributed by atoms with van der Waals surface area (Å²) in [5.74, 6) is 2.27. The largest absolute Gasteiger partial charge is 0.472 e. The molecular formula is C21H25N5OS. The minimum atomic E-state index is 0.185. The molecule has 3 heterocycles. The van der Waals surface area contributed by atoms with Gasteiger partial charge in [-0.1, -0.05) is 30.4 Å². The van der Waals surface area contributed by atoms with Crippen molar-refractivity contribution in [2.45, 2.75) is 44.8 Å². The second-order valence-corrected chi connectivity index (χ2v) is 8.95. The molecule has 0 spiro atoms. The van der Waals surface area contributed by atoms with Gasteiger partial charge in [0.05, 0.1) is 10.2 Å². The molecule has 0 bridgehead atoms. The molecule has 28 heavy (non-hydrogen) atoms. The molecule has 2 fully saturated rings. The Morgan fingerprint density at radius 3 is 2.89 bits per heavy atom. The van der Waals surface area contributed by atoms with Crippen LogP contribution in [0.2, 0.25) is 0 Å². The number of nitrogens with zero attached hydrogens (tertiary/aromatic N) is 4. The number of nitrogens with one attached hydrogen (secondary N) is 1. The first-order valence-electron chi connectivity index (χ1n) is 10.1. The number of ether oxygens (including phenoxy) is 1. The van der Waals surface area contributed by atoms with E-state index in [0.29, 0.717) is 17.8 Å². The molecule has 5 rings (SSSR count). The van der Waals surface area contributed by atoms with Crippen LogP contribution in [-0.2, 0) is 0 Å². The molecule has 6 nitrogen and oxygen atoms in total. The van der Waals surface area contributed by atoms with Crippen LogP contribution in [0.5, 0.6) is 5.88 Å². The van der Waals surface area contributed by atoms with Crippen LogP contribution in [0.15, 0.2) is 36.7 Å². The molecule has 2 aromatic heterocycles.